The third-order valence-electron chi connectivity index (χ3n) is 7.26. The van der Waals surface area contributed by atoms with Gasteiger partial charge >= 0.3 is 0 Å². The zero-order valence-electron chi connectivity index (χ0n) is 21.4. The summed E-state index contributed by atoms with van der Waals surface area (Å²) in [4.78, 5) is 26.7. The highest BCUT2D eigenvalue weighted by molar-refractivity contribution is 5.89. The lowest BCUT2D eigenvalue weighted by Gasteiger charge is -2.48. The van der Waals surface area contributed by atoms with E-state index in [4.69, 9.17) is 4.98 Å². The fourth-order valence-electron chi connectivity index (χ4n) is 5.26. The second-order valence-electron chi connectivity index (χ2n) is 9.86. The number of pyridine rings is 3. The minimum absolute atomic E-state index is 0.0347. The molecule has 3 atom stereocenters. The molecule has 37 heavy (non-hydrogen) atoms. The second-order valence-corrected chi connectivity index (χ2v) is 9.86. The SMILES string of the molecule is Cc1ccc(C(c2ccc(F)cc2)N2C[C@H](C)N(c3cc(=O)n(C)c4ccc(C#N)nc34)C[C@H]2C)nc1. The molecule has 0 bridgehead atoms. The molecule has 1 unspecified atom stereocenters. The van der Waals surface area contributed by atoms with Gasteiger partial charge in [0.1, 0.15) is 23.1 Å². The number of halogens is 1. The van der Waals surface area contributed by atoms with Crippen molar-refractivity contribution in [3.8, 4) is 6.07 Å². The molecular weight excluding hydrogens is 467 g/mol. The van der Waals surface area contributed by atoms with E-state index in [1.807, 2.05) is 37.4 Å². The Morgan fingerprint density at radius 1 is 1.05 bits per heavy atom. The van der Waals surface area contributed by atoms with Crippen LogP contribution in [0.1, 0.15) is 42.4 Å². The number of hydrogen-bond acceptors (Lipinski definition) is 6. The summed E-state index contributed by atoms with van der Waals surface area (Å²) in [5.74, 6) is -0.271. The van der Waals surface area contributed by atoms with Gasteiger partial charge in [-0.1, -0.05) is 18.2 Å². The average molecular weight is 497 g/mol. The van der Waals surface area contributed by atoms with Gasteiger partial charge in [-0.15, -0.1) is 0 Å². The van der Waals surface area contributed by atoms with Crippen LogP contribution in [0.25, 0.3) is 11.0 Å². The van der Waals surface area contributed by atoms with Gasteiger partial charge < -0.3 is 9.47 Å². The monoisotopic (exact) mass is 496 g/mol. The molecule has 4 aromatic rings. The normalized spacial score (nSPS) is 19.1. The molecule has 188 valence electrons. The second kappa shape index (κ2) is 9.75. The quantitative estimate of drug-likeness (QED) is 0.418. The van der Waals surface area contributed by atoms with E-state index in [0.717, 1.165) is 22.5 Å². The van der Waals surface area contributed by atoms with Gasteiger partial charge in [0.2, 0.25) is 0 Å². The third kappa shape index (κ3) is 4.58. The van der Waals surface area contributed by atoms with E-state index < -0.39 is 0 Å². The number of aromatic nitrogens is 3. The number of benzene rings is 1. The number of anilines is 1. The van der Waals surface area contributed by atoms with Crippen molar-refractivity contribution < 1.29 is 4.39 Å². The maximum Gasteiger partial charge on any atom is 0.252 e. The van der Waals surface area contributed by atoms with Crippen LogP contribution in [-0.4, -0.2) is 44.6 Å². The standard InChI is InChI=1S/C29H29FN6O/c1-18-5-11-24(32-15-18)29(21-6-8-22(30)9-7-21)36-17-19(2)35(16-20(36)3)26-13-27(37)34(4)25-12-10-23(14-31)33-28(25)26/h5-13,15,19-20,29H,16-17H2,1-4H3/t19-,20+,29?/m0/s1. The minimum atomic E-state index is -0.271. The Kier molecular flexibility index (Phi) is 6.48. The first-order chi connectivity index (χ1) is 17.8. The van der Waals surface area contributed by atoms with Crippen LogP contribution in [0.5, 0.6) is 0 Å². The number of nitrogens with zero attached hydrogens (tertiary/aromatic N) is 6. The minimum Gasteiger partial charge on any atom is -0.364 e. The summed E-state index contributed by atoms with van der Waals surface area (Å²) in [6.07, 6.45) is 1.86. The van der Waals surface area contributed by atoms with Gasteiger partial charge in [-0.3, -0.25) is 14.7 Å². The molecule has 8 heteroatoms. The first-order valence-corrected chi connectivity index (χ1v) is 12.4. The van der Waals surface area contributed by atoms with E-state index in [2.05, 4.69) is 34.7 Å². The van der Waals surface area contributed by atoms with Crippen LogP contribution in [0.15, 0.2) is 65.6 Å². The summed E-state index contributed by atoms with van der Waals surface area (Å²) < 4.78 is 15.3. The summed E-state index contributed by atoms with van der Waals surface area (Å²) in [7, 11) is 1.72. The summed E-state index contributed by atoms with van der Waals surface area (Å²) in [6, 6.07) is 17.8. The van der Waals surface area contributed by atoms with Crippen molar-refractivity contribution in [2.45, 2.75) is 38.9 Å². The van der Waals surface area contributed by atoms with Crippen molar-refractivity contribution >= 4 is 16.7 Å². The zero-order valence-corrected chi connectivity index (χ0v) is 21.4. The van der Waals surface area contributed by atoms with E-state index in [1.54, 1.807) is 29.8 Å². The molecule has 0 N–H and O–H groups in total. The number of nitriles is 1. The van der Waals surface area contributed by atoms with Crippen molar-refractivity contribution in [1.82, 2.24) is 19.4 Å². The lowest BCUT2D eigenvalue weighted by Crippen LogP contribution is -2.57. The summed E-state index contributed by atoms with van der Waals surface area (Å²) >= 11 is 0. The molecule has 1 aliphatic heterocycles. The molecule has 1 aliphatic rings. The Hall–Kier alpha value is -4.09. The molecule has 0 aliphatic carbocycles. The summed E-state index contributed by atoms with van der Waals surface area (Å²) in [5.41, 5.74) is 5.22. The molecule has 3 aromatic heterocycles. The van der Waals surface area contributed by atoms with Gasteiger partial charge in [-0.2, -0.15) is 5.26 Å². The van der Waals surface area contributed by atoms with Gasteiger partial charge in [-0.05, 0) is 62.2 Å². The topological polar surface area (TPSA) is 78.0 Å². The molecule has 1 aromatic carbocycles. The van der Waals surface area contributed by atoms with E-state index >= 15 is 0 Å². The van der Waals surface area contributed by atoms with Gasteiger partial charge in [-0.25, -0.2) is 9.37 Å². The molecular formula is C29H29FN6O. The van der Waals surface area contributed by atoms with Gasteiger partial charge in [0.05, 0.1) is 22.9 Å². The Morgan fingerprint density at radius 2 is 1.81 bits per heavy atom. The van der Waals surface area contributed by atoms with Gasteiger partial charge in [0, 0.05) is 44.5 Å². The van der Waals surface area contributed by atoms with Gasteiger partial charge in [0.25, 0.3) is 5.56 Å². The van der Waals surface area contributed by atoms with Crippen LogP contribution >= 0.6 is 0 Å². The first kappa shape index (κ1) is 24.6. The van der Waals surface area contributed by atoms with Crippen molar-refractivity contribution in [3.63, 3.8) is 0 Å². The van der Waals surface area contributed by atoms with Crippen LogP contribution in [0.2, 0.25) is 0 Å². The van der Waals surface area contributed by atoms with Crippen LogP contribution in [0.4, 0.5) is 10.1 Å². The predicted molar refractivity (Wildman–Crippen MR) is 142 cm³/mol. The Morgan fingerprint density at radius 3 is 2.49 bits per heavy atom. The highest BCUT2D eigenvalue weighted by Crippen LogP contribution is 2.35. The number of fused-ring (bicyclic) bond motifs is 1. The van der Waals surface area contributed by atoms with E-state index in [1.165, 1.54) is 12.1 Å². The largest absolute Gasteiger partial charge is 0.364 e. The molecule has 0 spiro atoms. The smallest absolute Gasteiger partial charge is 0.252 e. The average Bonchev–Trinajstić information content (AvgIpc) is 2.90. The fraction of sp³-hybridized carbons (Fsp3) is 0.310. The maximum atomic E-state index is 13.8. The molecule has 4 heterocycles. The lowest BCUT2D eigenvalue weighted by molar-refractivity contribution is 0.128. The van der Waals surface area contributed by atoms with Crippen molar-refractivity contribution in [2.75, 3.05) is 18.0 Å². The third-order valence-corrected chi connectivity index (χ3v) is 7.26. The van der Waals surface area contributed by atoms with Crippen LogP contribution < -0.4 is 10.5 Å². The molecule has 0 amide bonds. The van der Waals surface area contributed by atoms with Crippen LogP contribution in [0, 0.1) is 24.1 Å². The van der Waals surface area contributed by atoms with Crippen LogP contribution in [-0.2, 0) is 7.05 Å². The number of aryl methyl sites for hydroxylation is 2. The van der Waals surface area contributed by atoms with E-state index in [9.17, 15) is 14.4 Å². The zero-order chi connectivity index (χ0) is 26.3. The summed E-state index contributed by atoms with van der Waals surface area (Å²) in [6.45, 7) is 7.62. The Labute approximate surface area is 215 Å². The lowest BCUT2D eigenvalue weighted by atomic mass is 9.96. The molecule has 1 saturated heterocycles. The maximum absolute atomic E-state index is 13.8. The highest BCUT2D eigenvalue weighted by atomic mass is 19.1. The number of rotatable bonds is 4. The fourth-order valence-corrected chi connectivity index (χ4v) is 5.26. The van der Waals surface area contributed by atoms with Crippen molar-refractivity contribution in [1.29, 1.82) is 5.26 Å². The molecule has 7 nitrogen and oxygen atoms in total. The van der Waals surface area contributed by atoms with E-state index in [-0.39, 0.29) is 29.5 Å². The number of piperazine rings is 1. The first-order valence-electron chi connectivity index (χ1n) is 12.4. The Bertz CT molecular complexity index is 1500. The van der Waals surface area contributed by atoms with Crippen molar-refractivity contribution in [3.05, 3.63) is 99.5 Å². The molecule has 0 saturated carbocycles. The summed E-state index contributed by atoms with van der Waals surface area (Å²) in [5, 5.41) is 9.43. The van der Waals surface area contributed by atoms with Gasteiger partial charge in [0.15, 0.2) is 0 Å². The van der Waals surface area contributed by atoms with Crippen LogP contribution in [0.3, 0.4) is 0 Å². The Balaban J connectivity index is 1.55. The predicted octanol–water partition coefficient (Wildman–Crippen LogP) is 4.34. The molecule has 1 fully saturated rings. The van der Waals surface area contributed by atoms with E-state index in [0.29, 0.717) is 29.8 Å². The van der Waals surface area contributed by atoms with Crippen molar-refractivity contribution in [2.24, 2.45) is 7.05 Å². The number of hydrogen-bond donors (Lipinski definition) is 0. The highest BCUT2D eigenvalue weighted by Gasteiger charge is 2.36. The molecule has 5 rings (SSSR count). The molecule has 0 radical (unpaired) electrons.